The molecule has 3 fully saturated rings. The number of hydrogen-bond acceptors (Lipinski definition) is 5. The number of halogens is 3. The first-order chi connectivity index (χ1) is 16.2. The summed E-state index contributed by atoms with van der Waals surface area (Å²) in [5.41, 5.74) is -1.05. The van der Waals surface area contributed by atoms with Gasteiger partial charge in [-0.2, -0.15) is 18.4 Å². The highest BCUT2D eigenvalue weighted by Gasteiger charge is 2.53. The Bertz CT molecular complexity index is 910. The highest BCUT2D eigenvalue weighted by molar-refractivity contribution is 5.94. The van der Waals surface area contributed by atoms with E-state index < -0.39 is 53.4 Å². The lowest BCUT2D eigenvalue weighted by Crippen LogP contribution is -2.60. The lowest BCUT2D eigenvalue weighted by atomic mass is 9.85. The summed E-state index contributed by atoms with van der Waals surface area (Å²) < 4.78 is 38.8. The zero-order chi connectivity index (χ0) is 26.1. The van der Waals surface area contributed by atoms with Crippen LogP contribution >= 0.6 is 0 Å². The molecule has 2 heterocycles. The summed E-state index contributed by atoms with van der Waals surface area (Å²) in [6.07, 6.45) is -2.17. The zero-order valence-electron chi connectivity index (χ0n) is 20.1. The molecule has 0 aromatic heterocycles. The van der Waals surface area contributed by atoms with Crippen molar-refractivity contribution in [1.82, 2.24) is 20.9 Å². The molecule has 0 aromatic carbocycles. The van der Waals surface area contributed by atoms with Crippen molar-refractivity contribution in [3.05, 3.63) is 0 Å². The van der Waals surface area contributed by atoms with Crippen LogP contribution in [0, 0.1) is 34.5 Å². The average Bonchev–Trinajstić information content (AvgIpc) is 3.45. The lowest BCUT2D eigenvalue weighted by Gasteiger charge is -2.36. The normalized spacial score (nSPS) is 28.0. The van der Waals surface area contributed by atoms with E-state index in [1.165, 1.54) is 25.7 Å². The van der Waals surface area contributed by atoms with Crippen molar-refractivity contribution >= 4 is 23.6 Å². The van der Waals surface area contributed by atoms with Crippen LogP contribution in [-0.2, 0) is 19.2 Å². The number of hydrogen-bond donors (Lipinski definition) is 3. The molecular formula is C23H32F3N5O4. The van der Waals surface area contributed by atoms with Crippen LogP contribution < -0.4 is 16.0 Å². The molecule has 9 nitrogen and oxygen atoms in total. The third kappa shape index (κ3) is 5.87. The first kappa shape index (κ1) is 26.8. The second kappa shape index (κ2) is 10.0. The fourth-order valence-corrected chi connectivity index (χ4v) is 5.45. The van der Waals surface area contributed by atoms with Gasteiger partial charge in [0.25, 0.3) is 0 Å². The van der Waals surface area contributed by atoms with Gasteiger partial charge in [-0.1, -0.05) is 27.2 Å². The van der Waals surface area contributed by atoms with E-state index in [1.54, 1.807) is 0 Å². The minimum Gasteiger partial charge on any atom is -0.356 e. The minimum absolute atomic E-state index is 0.00906. The molecule has 3 rings (SSSR count). The number of carbonyl (C=O) groups excluding carboxylic acids is 4. The van der Waals surface area contributed by atoms with Gasteiger partial charge in [-0.3, -0.25) is 19.2 Å². The van der Waals surface area contributed by atoms with Crippen LogP contribution in [-0.4, -0.2) is 65.9 Å². The summed E-state index contributed by atoms with van der Waals surface area (Å²) in [6, 6.07) is -1.41. The van der Waals surface area contributed by atoms with Gasteiger partial charge in [0.05, 0.1) is 6.07 Å². The van der Waals surface area contributed by atoms with Crippen molar-refractivity contribution in [3.63, 3.8) is 0 Å². The average molecular weight is 500 g/mol. The van der Waals surface area contributed by atoms with Crippen molar-refractivity contribution in [2.75, 3.05) is 13.1 Å². The van der Waals surface area contributed by atoms with Crippen LogP contribution in [0.4, 0.5) is 13.2 Å². The molecular weight excluding hydrogens is 467 g/mol. The third-order valence-electron chi connectivity index (χ3n) is 7.24. The van der Waals surface area contributed by atoms with Crippen LogP contribution in [0.1, 0.15) is 52.9 Å². The maximum atomic E-state index is 13.5. The molecule has 6 atom stereocenters. The lowest BCUT2D eigenvalue weighted by molar-refractivity contribution is -0.176. The monoisotopic (exact) mass is 499 g/mol. The van der Waals surface area contributed by atoms with Gasteiger partial charge in [-0.25, -0.2) is 0 Å². The topological polar surface area (TPSA) is 131 Å². The van der Waals surface area contributed by atoms with Crippen LogP contribution in [0.2, 0.25) is 0 Å². The van der Waals surface area contributed by atoms with E-state index in [2.05, 4.69) is 10.6 Å². The molecule has 0 spiro atoms. The maximum Gasteiger partial charge on any atom is 0.471 e. The van der Waals surface area contributed by atoms with Gasteiger partial charge in [0.15, 0.2) is 0 Å². The van der Waals surface area contributed by atoms with Gasteiger partial charge in [-0.05, 0) is 42.9 Å². The summed E-state index contributed by atoms with van der Waals surface area (Å²) in [5, 5.41) is 16.7. The van der Waals surface area contributed by atoms with E-state index in [-0.39, 0.29) is 30.7 Å². The number of alkyl halides is 3. The van der Waals surface area contributed by atoms with Gasteiger partial charge in [-0.15, -0.1) is 0 Å². The number of nitriles is 1. The highest BCUT2D eigenvalue weighted by atomic mass is 19.4. The Morgan fingerprint density at radius 2 is 1.86 bits per heavy atom. The molecule has 35 heavy (non-hydrogen) atoms. The summed E-state index contributed by atoms with van der Waals surface area (Å²) in [7, 11) is 0. The number of carbonyl (C=O) groups is 4. The molecule has 2 saturated heterocycles. The van der Waals surface area contributed by atoms with Crippen molar-refractivity contribution in [2.24, 2.45) is 23.2 Å². The SMILES string of the molecule is CC(C)(C)C(NC(=O)C(F)(F)F)C(=O)N1C[C@@H]2CCC[C@@H]2[C@H]1C(=O)NC(C#N)C[C@@H]1CCNC1=O. The molecule has 2 unspecified atom stereocenters. The van der Waals surface area contributed by atoms with Crippen molar-refractivity contribution in [2.45, 2.75) is 77.2 Å². The van der Waals surface area contributed by atoms with Crippen LogP contribution in [0.5, 0.6) is 0 Å². The number of rotatable bonds is 6. The molecule has 0 aromatic rings. The Balaban J connectivity index is 1.81. The van der Waals surface area contributed by atoms with E-state index >= 15 is 0 Å². The Morgan fingerprint density at radius 1 is 1.17 bits per heavy atom. The second-order valence-corrected chi connectivity index (χ2v) is 10.8. The molecule has 1 aliphatic carbocycles. The summed E-state index contributed by atoms with van der Waals surface area (Å²) in [6.45, 7) is 5.31. The molecule has 0 radical (unpaired) electrons. The quantitative estimate of drug-likeness (QED) is 0.506. The Hall–Kier alpha value is -2.84. The predicted octanol–water partition coefficient (Wildman–Crippen LogP) is 1.24. The summed E-state index contributed by atoms with van der Waals surface area (Å²) >= 11 is 0. The number of nitrogens with zero attached hydrogens (tertiary/aromatic N) is 2. The standard InChI is InChI=1S/C23H32F3N5O4/c1-22(2,3)17(30-21(35)23(24,25)26)20(34)31-11-13-5-4-6-15(13)16(31)19(33)29-14(10-27)9-12-7-8-28-18(12)32/h12-17H,4-9,11H2,1-3H3,(H,28,32)(H,29,33)(H,30,35)/t12-,13-,14?,15-,16-,17?/m0/s1. The van der Waals surface area contributed by atoms with E-state index in [0.29, 0.717) is 19.4 Å². The van der Waals surface area contributed by atoms with Gasteiger partial charge in [0.2, 0.25) is 17.7 Å². The summed E-state index contributed by atoms with van der Waals surface area (Å²) in [5.74, 6) is -4.29. The first-order valence-corrected chi connectivity index (χ1v) is 11.9. The van der Waals surface area contributed by atoms with Gasteiger partial charge in [0.1, 0.15) is 18.1 Å². The summed E-state index contributed by atoms with van der Waals surface area (Å²) in [4.78, 5) is 51.7. The van der Waals surface area contributed by atoms with Gasteiger partial charge >= 0.3 is 12.1 Å². The minimum atomic E-state index is -5.16. The first-order valence-electron chi connectivity index (χ1n) is 11.9. The largest absolute Gasteiger partial charge is 0.471 e. The van der Waals surface area contributed by atoms with E-state index in [9.17, 15) is 37.6 Å². The molecule has 0 bridgehead atoms. The Kier molecular flexibility index (Phi) is 7.67. The molecule has 12 heteroatoms. The number of fused-ring (bicyclic) bond motifs is 1. The van der Waals surface area contributed by atoms with Gasteiger partial charge < -0.3 is 20.9 Å². The Morgan fingerprint density at radius 3 is 2.40 bits per heavy atom. The molecule has 2 aliphatic heterocycles. The number of likely N-dealkylation sites (tertiary alicyclic amines) is 1. The fourth-order valence-electron chi connectivity index (χ4n) is 5.45. The van der Waals surface area contributed by atoms with Crippen molar-refractivity contribution in [1.29, 1.82) is 5.26 Å². The predicted molar refractivity (Wildman–Crippen MR) is 117 cm³/mol. The number of nitrogens with one attached hydrogen (secondary N) is 3. The third-order valence-corrected chi connectivity index (χ3v) is 7.24. The van der Waals surface area contributed by atoms with E-state index in [1.807, 2.05) is 11.4 Å². The smallest absolute Gasteiger partial charge is 0.356 e. The number of amides is 4. The molecule has 4 amide bonds. The molecule has 3 N–H and O–H groups in total. The zero-order valence-corrected chi connectivity index (χ0v) is 20.1. The maximum absolute atomic E-state index is 13.5. The molecule has 194 valence electrons. The van der Waals surface area contributed by atoms with E-state index in [0.717, 1.165) is 12.8 Å². The van der Waals surface area contributed by atoms with Crippen LogP contribution in [0.25, 0.3) is 0 Å². The van der Waals surface area contributed by atoms with E-state index in [4.69, 9.17) is 0 Å². The van der Waals surface area contributed by atoms with Crippen molar-refractivity contribution in [3.8, 4) is 6.07 Å². The highest BCUT2D eigenvalue weighted by Crippen LogP contribution is 2.43. The second-order valence-electron chi connectivity index (χ2n) is 10.8. The van der Waals surface area contributed by atoms with Crippen LogP contribution in [0.15, 0.2) is 0 Å². The van der Waals surface area contributed by atoms with Crippen molar-refractivity contribution < 1.29 is 32.3 Å². The van der Waals surface area contributed by atoms with Gasteiger partial charge in [0, 0.05) is 19.0 Å². The fraction of sp³-hybridized carbons (Fsp3) is 0.783. The van der Waals surface area contributed by atoms with Crippen LogP contribution in [0.3, 0.4) is 0 Å². The molecule has 3 aliphatic rings. The molecule has 1 saturated carbocycles. The Labute approximate surface area is 202 Å².